The van der Waals surface area contributed by atoms with Crippen molar-refractivity contribution in [3.05, 3.63) is 107 Å². The van der Waals surface area contributed by atoms with Crippen LogP contribution in [0.4, 0.5) is 0 Å². The second-order valence-electron chi connectivity index (χ2n) is 13.2. The Hall–Kier alpha value is -5.42. The highest BCUT2D eigenvalue weighted by atomic mass is 16.4. The first-order chi connectivity index (χ1) is 23.7. The van der Waals surface area contributed by atoms with Gasteiger partial charge in [0.15, 0.2) is 0 Å². The molecule has 11 nitrogen and oxygen atoms in total. The molecule has 0 spiro atoms. The molecule has 0 radical (unpaired) electrons. The van der Waals surface area contributed by atoms with Gasteiger partial charge in [-0.1, -0.05) is 80.6 Å². The molecule has 0 saturated heterocycles. The van der Waals surface area contributed by atoms with Crippen LogP contribution in [0.3, 0.4) is 0 Å². The van der Waals surface area contributed by atoms with Crippen molar-refractivity contribution in [2.75, 3.05) is 0 Å². The smallest absolute Gasteiger partial charge is 0.326 e. The number of carbonyl (C=O) groups excluding carboxylic acids is 3. The first kappa shape index (κ1) is 33.5. The first-order valence-electron chi connectivity index (χ1n) is 16.7. The molecular formula is C38H42N6O5. The normalized spacial score (nSPS) is 16.1. The minimum Gasteiger partial charge on any atom is -0.480 e. The van der Waals surface area contributed by atoms with Gasteiger partial charge in [0.1, 0.15) is 18.1 Å². The van der Waals surface area contributed by atoms with Crippen LogP contribution in [0.5, 0.6) is 0 Å². The number of aromatic amines is 2. The van der Waals surface area contributed by atoms with Crippen molar-refractivity contribution in [2.45, 2.75) is 70.2 Å². The Bertz CT molecular complexity index is 1970. The number of carboxylic acids is 1. The molecule has 3 amide bonds. The fourth-order valence-electron chi connectivity index (χ4n) is 6.63. The minimum absolute atomic E-state index is 0.0512. The van der Waals surface area contributed by atoms with Gasteiger partial charge in [-0.3, -0.25) is 19.7 Å². The standard InChI is InChI=1S/C38H42N6O5/c1-22(2)16-31(42-35(45)30-19-27-26-13-7-9-15-29(26)41-34(27)21-40-30)36(46)43-32(17-23-10-4-3-5-11-23)37(47)44-33(38(48)49)18-24-20-39-28-14-8-6-12-25(24)28/h3-15,20,22,30-33,39-41H,16-19,21H2,1-2H3,(H,42,45)(H,43,46)(H,44,47)(H,48,49)/t30?,31-,32-,33-/m0/s1. The van der Waals surface area contributed by atoms with Crippen LogP contribution in [-0.4, -0.2) is 62.9 Å². The summed E-state index contributed by atoms with van der Waals surface area (Å²) in [4.78, 5) is 60.3. The second-order valence-corrected chi connectivity index (χ2v) is 13.2. The van der Waals surface area contributed by atoms with E-state index in [-0.39, 0.29) is 24.7 Å². The number of aliphatic carboxylic acids is 1. The second kappa shape index (κ2) is 14.8. The molecule has 0 bridgehead atoms. The summed E-state index contributed by atoms with van der Waals surface area (Å²) >= 11 is 0. The number of fused-ring (bicyclic) bond motifs is 4. The van der Waals surface area contributed by atoms with Crippen LogP contribution in [0.25, 0.3) is 21.8 Å². The fourth-order valence-corrected chi connectivity index (χ4v) is 6.63. The molecule has 2 aromatic heterocycles. The first-order valence-corrected chi connectivity index (χ1v) is 16.7. The maximum Gasteiger partial charge on any atom is 0.326 e. The fraction of sp³-hybridized carbons (Fsp3) is 0.316. The van der Waals surface area contributed by atoms with Crippen molar-refractivity contribution in [2.24, 2.45) is 5.92 Å². The van der Waals surface area contributed by atoms with Gasteiger partial charge in [-0.2, -0.15) is 0 Å². The van der Waals surface area contributed by atoms with Crippen LogP contribution in [0.1, 0.15) is 42.7 Å². The highest BCUT2D eigenvalue weighted by molar-refractivity contribution is 5.95. The average Bonchev–Trinajstić information content (AvgIpc) is 3.68. The van der Waals surface area contributed by atoms with Crippen molar-refractivity contribution in [1.29, 1.82) is 0 Å². The number of aromatic nitrogens is 2. The molecule has 3 aromatic carbocycles. The van der Waals surface area contributed by atoms with Crippen molar-refractivity contribution >= 4 is 45.5 Å². The third kappa shape index (κ3) is 7.84. The number of hydrogen-bond donors (Lipinski definition) is 7. The lowest BCUT2D eigenvalue weighted by Gasteiger charge is -2.28. The largest absolute Gasteiger partial charge is 0.480 e. The van der Waals surface area contributed by atoms with E-state index in [2.05, 4.69) is 31.2 Å². The molecule has 0 saturated carbocycles. The van der Waals surface area contributed by atoms with Crippen LogP contribution in [0, 0.1) is 5.92 Å². The minimum atomic E-state index is -1.24. The molecule has 6 rings (SSSR count). The van der Waals surface area contributed by atoms with Crippen LogP contribution >= 0.6 is 0 Å². The summed E-state index contributed by atoms with van der Waals surface area (Å²) in [7, 11) is 0. The number of carbonyl (C=O) groups is 4. The van der Waals surface area contributed by atoms with E-state index in [0.29, 0.717) is 19.4 Å². The zero-order valence-corrected chi connectivity index (χ0v) is 27.6. The summed E-state index contributed by atoms with van der Waals surface area (Å²) in [5.41, 5.74) is 5.55. The summed E-state index contributed by atoms with van der Waals surface area (Å²) in [5, 5.41) is 23.8. The molecule has 1 unspecified atom stereocenters. The maximum absolute atomic E-state index is 13.9. The van der Waals surface area contributed by atoms with Gasteiger partial charge in [-0.05, 0) is 47.6 Å². The molecular weight excluding hydrogens is 620 g/mol. The monoisotopic (exact) mass is 662 g/mol. The lowest BCUT2D eigenvalue weighted by atomic mass is 9.96. The van der Waals surface area contributed by atoms with Gasteiger partial charge >= 0.3 is 5.97 Å². The van der Waals surface area contributed by atoms with Crippen LogP contribution in [0.2, 0.25) is 0 Å². The number of benzene rings is 3. The van der Waals surface area contributed by atoms with Gasteiger partial charge in [0.2, 0.25) is 17.7 Å². The van der Waals surface area contributed by atoms with E-state index < -0.39 is 42.0 Å². The Kier molecular flexibility index (Phi) is 10.1. The van der Waals surface area contributed by atoms with Crippen LogP contribution < -0.4 is 21.3 Å². The molecule has 3 heterocycles. The maximum atomic E-state index is 13.9. The lowest BCUT2D eigenvalue weighted by Crippen LogP contribution is -2.58. The predicted octanol–water partition coefficient (Wildman–Crippen LogP) is 3.73. The van der Waals surface area contributed by atoms with Gasteiger partial charge in [0.25, 0.3) is 0 Å². The van der Waals surface area contributed by atoms with Gasteiger partial charge in [-0.25, -0.2) is 4.79 Å². The number of para-hydroxylation sites is 2. The number of rotatable bonds is 13. The molecule has 11 heteroatoms. The third-order valence-corrected chi connectivity index (χ3v) is 9.12. The van der Waals surface area contributed by atoms with E-state index in [1.807, 2.05) is 92.7 Å². The SMILES string of the molecule is CC(C)C[C@H](NC(=O)C1Cc2c([nH]c3ccccc23)CN1)C(=O)N[C@@H](Cc1ccccc1)C(=O)N[C@@H](Cc1c[nH]c2ccccc12)C(=O)O. The van der Waals surface area contributed by atoms with Gasteiger partial charge in [-0.15, -0.1) is 0 Å². The van der Waals surface area contributed by atoms with Crippen molar-refractivity contribution < 1.29 is 24.3 Å². The molecule has 0 fully saturated rings. The number of amides is 3. The molecule has 7 N–H and O–H groups in total. The summed E-state index contributed by atoms with van der Waals surface area (Å²) in [6.07, 6.45) is 2.74. The van der Waals surface area contributed by atoms with Crippen LogP contribution in [0.15, 0.2) is 85.1 Å². The quantitative estimate of drug-likeness (QED) is 0.101. The van der Waals surface area contributed by atoms with E-state index >= 15 is 0 Å². The van der Waals surface area contributed by atoms with E-state index in [9.17, 15) is 24.3 Å². The summed E-state index contributed by atoms with van der Waals surface area (Å²) in [6.45, 7) is 4.41. The summed E-state index contributed by atoms with van der Waals surface area (Å²) in [6, 6.07) is 21.0. The third-order valence-electron chi connectivity index (χ3n) is 9.12. The number of H-pyrrole nitrogens is 2. The molecule has 0 aliphatic carbocycles. The van der Waals surface area contributed by atoms with Crippen molar-refractivity contribution in [3.63, 3.8) is 0 Å². The Morgan fingerprint density at radius 1 is 0.776 bits per heavy atom. The van der Waals surface area contributed by atoms with Gasteiger partial charge < -0.3 is 31.0 Å². The van der Waals surface area contributed by atoms with E-state index in [1.165, 1.54) is 0 Å². The molecule has 4 atom stereocenters. The summed E-state index contributed by atoms with van der Waals surface area (Å²) < 4.78 is 0. The Labute approximate surface area is 284 Å². The highest BCUT2D eigenvalue weighted by Gasteiger charge is 2.33. The Morgan fingerprint density at radius 2 is 1.43 bits per heavy atom. The zero-order chi connectivity index (χ0) is 34.5. The average molecular weight is 663 g/mol. The van der Waals surface area contributed by atoms with Gasteiger partial charge in [0, 0.05) is 53.1 Å². The molecule has 1 aliphatic rings. The molecule has 5 aromatic rings. The lowest BCUT2D eigenvalue weighted by molar-refractivity contribution is -0.142. The summed E-state index contributed by atoms with van der Waals surface area (Å²) in [5.74, 6) is -2.56. The number of carboxylic acid groups (broad SMARTS) is 1. The molecule has 254 valence electrons. The zero-order valence-electron chi connectivity index (χ0n) is 27.6. The van der Waals surface area contributed by atoms with Crippen molar-refractivity contribution in [1.82, 2.24) is 31.2 Å². The highest BCUT2D eigenvalue weighted by Crippen LogP contribution is 2.26. The number of hydrogen-bond acceptors (Lipinski definition) is 5. The molecule has 1 aliphatic heterocycles. The number of nitrogens with one attached hydrogen (secondary N) is 6. The van der Waals surface area contributed by atoms with E-state index in [4.69, 9.17) is 0 Å². The van der Waals surface area contributed by atoms with E-state index in [0.717, 1.165) is 44.2 Å². The Balaban J connectivity index is 1.18. The Morgan fingerprint density at radius 3 is 2.16 bits per heavy atom. The van der Waals surface area contributed by atoms with E-state index in [1.54, 1.807) is 6.20 Å². The topological polar surface area (TPSA) is 168 Å². The molecule has 49 heavy (non-hydrogen) atoms. The predicted molar refractivity (Wildman–Crippen MR) is 188 cm³/mol. The van der Waals surface area contributed by atoms with Gasteiger partial charge in [0.05, 0.1) is 6.04 Å². The van der Waals surface area contributed by atoms with Crippen molar-refractivity contribution in [3.8, 4) is 0 Å². The van der Waals surface area contributed by atoms with Crippen LogP contribution in [-0.2, 0) is 45.0 Å².